The van der Waals surface area contributed by atoms with Gasteiger partial charge < -0.3 is 15.4 Å². The second-order valence-electron chi connectivity index (χ2n) is 9.12. The van der Waals surface area contributed by atoms with Crippen LogP contribution in [0.2, 0.25) is 0 Å². The van der Waals surface area contributed by atoms with Gasteiger partial charge in [-0.05, 0) is 68.7 Å². The van der Waals surface area contributed by atoms with Gasteiger partial charge in [0.2, 0.25) is 5.95 Å². The standard InChI is InChI=1S/C26H33N5O2/c1-5-27-24(32)20-7-6-18(2)22(15-20)19-8-9-23-21(14-19)16-28-25(30-23)29-17-26(3,4)31-10-12-33-13-11-31/h6-9,14-16H,5,10-13,17H2,1-4H3,(H,27,32)(H,28,29,30). The summed E-state index contributed by atoms with van der Waals surface area (Å²) in [4.78, 5) is 24.0. The Hall–Kier alpha value is -3.03. The molecule has 1 aliphatic heterocycles. The third kappa shape index (κ3) is 5.31. The maximum absolute atomic E-state index is 12.3. The Morgan fingerprint density at radius 3 is 2.70 bits per heavy atom. The molecule has 0 radical (unpaired) electrons. The lowest BCUT2D eigenvalue weighted by atomic mass is 9.97. The van der Waals surface area contributed by atoms with Gasteiger partial charge in [0, 0.05) is 48.9 Å². The molecule has 0 unspecified atom stereocenters. The van der Waals surface area contributed by atoms with Gasteiger partial charge in [-0.2, -0.15) is 0 Å². The number of ether oxygens (including phenoxy) is 1. The van der Waals surface area contributed by atoms with Crippen molar-refractivity contribution >= 4 is 22.8 Å². The van der Waals surface area contributed by atoms with Crippen molar-refractivity contribution in [1.82, 2.24) is 20.2 Å². The molecule has 0 bridgehead atoms. The monoisotopic (exact) mass is 447 g/mol. The van der Waals surface area contributed by atoms with E-state index >= 15 is 0 Å². The van der Waals surface area contributed by atoms with Crippen LogP contribution in [-0.2, 0) is 4.74 Å². The molecule has 0 aliphatic carbocycles. The predicted octanol–water partition coefficient (Wildman–Crippen LogP) is 3.88. The van der Waals surface area contributed by atoms with Crippen LogP contribution in [0.15, 0.2) is 42.6 Å². The average molecular weight is 448 g/mol. The molecule has 174 valence electrons. The number of hydrogen-bond acceptors (Lipinski definition) is 6. The smallest absolute Gasteiger partial charge is 0.251 e. The summed E-state index contributed by atoms with van der Waals surface area (Å²) in [5, 5.41) is 7.24. The molecular formula is C26H33N5O2. The van der Waals surface area contributed by atoms with Gasteiger partial charge in [0.25, 0.3) is 5.91 Å². The van der Waals surface area contributed by atoms with Crippen molar-refractivity contribution in [3.8, 4) is 11.1 Å². The molecule has 2 heterocycles. The highest BCUT2D eigenvalue weighted by Gasteiger charge is 2.28. The van der Waals surface area contributed by atoms with Crippen molar-refractivity contribution < 1.29 is 9.53 Å². The van der Waals surface area contributed by atoms with E-state index in [2.05, 4.69) is 53.4 Å². The van der Waals surface area contributed by atoms with Crippen LogP contribution in [0.4, 0.5) is 5.95 Å². The zero-order chi connectivity index (χ0) is 23.4. The highest BCUT2D eigenvalue weighted by atomic mass is 16.5. The SMILES string of the molecule is CCNC(=O)c1ccc(C)c(-c2ccc3nc(NCC(C)(C)N4CCOCC4)ncc3c2)c1. The van der Waals surface area contributed by atoms with Gasteiger partial charge in [-0.25, -0.2) is 9.97 Å². The fraction of sp³-hybridized carbons (Fsp3) is 0.423. The highest BCUT2D eigenvalue weighted by Crippen LogP contribution is 2.28. The summed E-state index contributed by atoms with van der Waals surface area (Å²) in [5.41, 5.74) is 4.73. The van der Waals surface area contributed by atoms with Gasteiger partial charge in [0.15, 0.2) is 0 Å². The van der Waals surface area contributed by atoms with E-state index in [0.717, 1.165) is 60.4 Å². The Balaban J connectivity index is 1.52. The van der Waals surface area contributed by atoms with Crippen molar-refractivity contribution in [1.29, 1.82) is 0 Å². The molecule has 2 aromatic carbocycles. The Labute approximate surface area is 195 Å². The number of carbonyl (C=O) groups is 1. The molecule has 0 spiro atoms. The first-order valence-corrected chi connectivity index (χ1v) is 11.6. The zero-order valence-corrected chi connectivity index (χ0v) is 19.9. The largest absolute Gasteiger partial charge is 0.379 e. The minimum absolute atomic E-state index is 0.0153. The van der Waals surface area contributed by atoms with Crippen molar-refractivity contribution in [3.63, 3.8) is 0 Å². The topological polar surface area (TPSA) is 79.4 Å². The fourth-order valence-corrected chi connectivity index (χ4v) is 4.20. The number of fused-ring (bicyclic) bond motifs is 1. The van der Waals surface area contributed by atoms with Crippen LogP contribution in [0.3, 0.4) is 0 Å². The maximum atomic E-state index is 12.3. The number of morpholine rings is 1. The van der Waals surface area contributed by atoms with E-state index in [0.29, 0.717) is 18.1 Å². The first kappa shape index (κ1) is 23.1. The summed E-state index contributed by atoms with van der Waals surface area (Å²) in [5.74, 6) is 0.574. The minimum Gasteiger partial charge on any atom is -0.379 e. The zero-order valence-electron chi connectivity index (χ0n) is 19.9. The van der Waals surface area contributed by atoms with Crippen LogP contribution in [0.5, 0.6) is 0 Å². The number of aromatic nitrogens is 2. The Morgan fingerprint density at radius 2 is 1.94 bits per heavy atom. The van der Waals surface area contributed by atoms with Gasteiger partial charge in [0.05, 0.1) is 18.7 Å². The molecule has 1 saturated heterocycles. The summed E-state index contributed by atoms with van der Waals surface area (Å²) in [6.07, 6.45) is 1.86. The third-order valence-corrected chi connectivity index (χ3v) is 6.27. The van der Waals surface area contributed by atoms with Crippen molar-refractivity contribution in [3.05, 3.63) is 53.7 Å². The lowest BCUT2D eigenvalue weighted by Crippen LogP contribution is -2.53. The van der Waals surface area contributed by atoms with E-state index < -0.39 is 0 Å². The van der Waals surface area contributed by atoms with Crippen molar-refractivity contribution in [2.45, 2.75) is 33.2 Å². The number of amides is 1. The summed E-state index contributed by atoms with van der Waals surface area (Å²) >= 11 is 0. The van der Waals surface area contributed by atoms with Crippen LogP contribution in [0.25, 0.3) is 22.0 Å². The number of anilines is 1. The van der Waals surface area contributed by atoms with E-state index in [9.17, 15) is 4.79 Å². The van der Waals surface area contributed by atoms with Crippen molar-refractivity contribution in [2.75, 3.05) is 44.7 Å². The van der Waals surface area contributed by atoms with Crippen LogP contribution in [0, 0.1) is 6.92 Å². The van der Waals surface area contributed by atoms with Crippen LogP contribution < -0.4 is 10.6 Å². The average Bonchev–Trinajstić information content (AvgIpc) is 2.83. The Bertz CT molecular complexity index is 1140. The molecule has 1 amide bonds. The molecule has 7 nitrogen and oxygen atoms in total. The van der Waals surface area contributed by atoms with E-state index in [1.54, 1.807) is 0 Å². The lowest BCUT2D eigenvalue weighted by Gasteiger charge is -2.40. The first-order chi connectivity index (χ1) is 15.9. The Kier molecular flexibility index (Phi) is 6.91. The van der Waals surface area contributed by atoms with Gasteiger partial charge in [-0.1, -0.05) is 12.1 Å². The first-order valence-electron chi connectivity index (χ1n) is 11.6. The lowest BCUT2D eigenvalue weighted by molar-refractivity contribution is -0.00572. The summed E-state index contributed by atoms with van der Waals surface area (Å²) < 4.78 is 5.48. The number of benzene rings is 2. The number of aryl methyl sites for hydroxylation is 1. The fourth-order valence-electron chi connectivity index (χ4n) is 4.20. The molecule has 7 heteroatoms. The van der Waals surface area contributed by atoms with Gasteiger partial charge in [-0.3, -0.25) is 9.69 Å². The van der Waals surface area contributed by atoms with E-state index in [4.69, 9.17) is 9.72 Å². The van der Waals surface area contributed by atoms with Gasteiger partial charge >= 0.3 is 0 Å². The second-order valence-corrected chi connectivity index (χ2v) is 9.12. The predicted molar refractivity (Wildman–Crippen MR) is 133 cm³/mol. The molecular weight excluding hydrogens is 414 g/mol. The molecule has 1 aliphatic rings. The molecule has 4 rings (SSSR count). The van der Waals surface area contributed by atoms with Gasteiger partial charge in [0.1, 0.15) is 0 Å². The maximum Gasteiger partial charge on any atom is 0.251 e. The highest BCUT2D eigenvalue weighted by molar-refractivity contribution is 5.96. The summed E-state index contributed by atoms with van der Waals surface area (Å²) in [7, 11) is 0. The number of carbonyl (C=O) groups excluding carboxylic acids is 1. The number of nitrogens with zero attached hydrogens (tertiary/aromatic N) is 3. The molecule has 2 N–H and O–H groups in total. The van der Waals surface area contributed by atoms with E-state index in [1.165, 1.54) is 0 Å². The van der Waals surface area contributed by atoms with Gasteiger partial charge in [-0.15, -0.1) is 0 Å². The summed E-state index contributed by atoms with van der Waals surface area (Å²) in [6.45, 7) is 13.2. The second kappa shape index (κ2) is 9.85. The minimum atomic E-state index is -0.0569. The normalized spacial score (nSPS) is 14.9. The van der Waals surface area contributed by atoms with E-state index in [1.807, 2.05) is 37.4 Å². The number of hydrogen-bond donors (Lipinski definition) is 2. The number of nitrogens with one attached hydrogen (secondary N) is 2. The molecule has 3 aromatic rings. The van der Waals surface area contributed by atoms with E-state index in [-0.39, 0.29) is 11.4 Å². The summed E-state index contributed by atoms with van der Waals surface area (Å²) in [6, 6.07) is 12.0. The van der Waals surface area contributed by atoms with Crippen LogP contribution in [-0.4, -0.2) is 65.7 Å². The molecule has 0 atom stereocenters. The molecule has 33 heavy (non-hydrogen) atoms. The van der Waals surface area contributed by atoms with Crippen molar-refractivity contribution in [2.24, 2.45) is 0 Å². The van der Waals surface area contributed by atoms with Crippen LogP contribution >= 0.6 is 0 Å². The van der Waals surface area contributed by atoms with Crippen LogP contribution in [0.1, 0.15) is 36.7 Å². The molecule has 1 fully saturated rings. The molecule has 0 saturated carbocycles. The number of rotatable bonds is 7. The quantitative estimate of drug-likeness (QED) is 0.572. The Morgan fingerprint density at radius 1 is 1.15 bits per heavy atom. The third-order valence-electron chi connectivity index (χ3n) is 6.27. The molecule has 1 aromatic heterocycles.